The Hall–Kier alpha value is -0.790. The summed E-state index contributed by atoms with van der Waals surface area (Å²) in [5, 5.41) is 0. The molecule has 0 aliphatic heterocycles. The van der Waals surface area contributed by atoms with Crippen molar-refractivity contribution in [3.05, 3.63) is 18.2 Å². The fourth-order valence-electron chi connectivity index (χ4n) is 8.27. The highest BCUT2D eigenvalue weighted by molar-refractivity contribution is 4.84. The summed E-state index contributed by atoms with van der Waals surface area (Å²) >= 11 is 0. The predicted molar refractivity (Wildman–Crippen MR) is 230 cm³/mol. The molecule has 0 aromatic carbocycles. The Morgan fingerprint density at radius 1 is 0.333 bits per heavy atom. The van der Waals surface area contributed by atoms with Gasteiger partial charge < -0.3 is 0 Å². The number of unbranched alkanes of at least 4 members (excludes halogenated alkanes) is 37. The Morgan fingerprint density at radius 2 is 0.608 bits per heavy atom. The van der Waals surface area contributed by atoms with Gasteiger partial charge in [0.05, 0.1) is 13.1 Å². The van der Waals surface area contributed by atoms with Crippen LogP contribution in [0.1, 0.15) is 283 Å². The zero-order valence-electron chi connectivity index (χ0n) is 36.0. The van der Waals surface area contributed by atoms with Gasteiger partial charge in [-0.1, -0.05) is 245 Å². The largest absolute Gasteiger partial charge is 0.256 e. The molecule has 0 saturated carbocycles. The topological polar surface area (TPSA) is 8.81 Å². The van der Waals surface area contributed by atoms with Crippen LogP contribution in [0.25, 0.3) is 0 Å². The van der Waals surface area contributed by atoms with Crippen molar-refractivity contribution in [2.45, 2.75) is 297 Å². The van der Waals surface area contributed by atoms with Gasteiger partial charge in [0.2, 0.25) is 0 Å². The molecule has 51 heavy (non-hydrogen) atoms. The standard InChI is InChI=1S/C49H97N2/c1-4-7-10-13-16-19-22-24-25-26-27-29-31-34-37-40-43-46-51-48-47-50(49(51)44-41-38-35-32-21-18-15-12-9-6-3)45-42-39-36-33-30-28-23-20-17-14-11-8-5-2/h47-48H,4-46H2,1-3H3/q+1. The van der Waals surface area contributed by atoms with E-state index in [0.717, 1.165) is 0 Å². The van der Waals surface area contributed by atoms with Crippen LogP contribution in [0, 0.1) is 0 Å². The summed E-state index contributed by atoms with van der Waals surface area (Å²) in [5.74, 6) is 1.63. The van der Waals surface area contributed by atoms with Crippen molar-refractivity contribution in [2.24, 2.45) is 0 Å². The molecule has 0 atom stereocenters. The van der Waals surface area contributed by atoms with Gasteiger partial charge >= 0.3 is 0 Å². The highest BCUT2D eigenvalue weighted by Gasteiger charge is 2.16. The number of nitrogens with zero attached hydrogens (tertiary/aromatic N) is 2. The quantitative estimate of drug-likeness (QED) is 0.0471. The van der Waals surface area contributed by atoms with E-state index in [-0.39, 0.29) is 0 Å². The highest BCUT2D eigenvalue weighted by Crippen LogP contribution is 2.17. The Labute approximate surface area is 323 Å². The second-order valence-corrected chi connectivity index (χ2v) is 16.9. The Morgan fingerprint density at radius 3 is 0.941 bits per heavy atom. The van der Waals surface area contributed by atoms with Crippen molar-refractivity contribution < 1.29 is 4.57 Å². The van der Waals surface area contributed by atoms with Crippen LogP contribution >= 0.6 is 0 Å². The minimum Gasteiger partial charge on any atom is -0.234 e. The van der Waals surface area contributed by atoms with E-state index in [2.05, 4.69) is 42.3 Å². The number of hydrogen-bond acceptors (Lipinski definition) is 0. The zero-order valence-corrected chi connectivity index (χ0v) is 36.0. The minimum atomic E-state index is 1.23. The fraction of sp³-hybridized carbons (Fsp3) is 0.939. The Kier molecular flexibility index (Phi) is 38.2. The Bertz CT molecular complexity index is 781. The van der Waals surface area contributed by atoms with Crippen molar-refractivity contribution in [3.63, 3.8) is 0 Å². The molecule has 0 amide bonds. The number of rotatable bonds is 43. The van der Waals surface area contributed by atoms with E-state index in [1.54, 1.807) is 5.82 Å². The van der Waals surface area contributed by atoms with Crippen LogP contribution in [0.15, 0.2) is 12.4 Å². The van der Waals surface area contributed by atoms with Crippen LogP contribution < -0.4 is 4.57 Å². The normalized spacial score (nSPS) is 11.7. The van der Waals surface area contributed by atoms with E-state index < -0.39 is 0 Å². The van der Waals surface area contributed by atoms with Crippen LogP contribution in [0.5, 0.6) is 0 Å². The van der Waals surface area contributed by atoms with Crippen LogP contribution in [0.2, 0.25) is 0 Å². The first-order valence-corrected chi connectivity index (χ1v) is 24.4. The third kappa shape index (κ3) is 32.4. The summed E-state index contributed by atoms with van der Waals surface area (Å²) in [7, 11) is 0. The average Bonchev–Trinajstić information content (AvgIpc) is 3.53. The van der Waals surface area contributed by atoms with Gasteiger partial charge in [-0.2, -0.15) is 0 Å². The van der Waals surface area contributed by atoms with Gasteiger partial charge in [0.1, 0.15) is 12.4 Å². The molecule has 0 aliphatic rings. The van der Waals surface area contributed by atoms with Crippen LogP contribution in [-0.2, 0) is 19.5 Å². The van der Waals surface area contributed by atoms with E-state index in [9.17, 15) is 0 Å². The summed E-state index contributed by atoms with van der Waals surface area (Å²) in [6, 6.07) is 0. The van der Waals surface area contributed by atoms with Crippen LogP contribution in [-0.4, -0.2) is 4.57 Å². The lowest BCUT2D eigenvalue weighted by Gasteiger charge is -2.07. The van der Waals surface area contributed by atoms with E-state index in [1.807, 2.05) is 0 Å². The molecule has 0 unspecified atom stereocenters. The third-order valence-corrected chi connectivity index (χ3v) is 11.8. The lowest BCUT2D eigenvalue weighted by atomic mass is 10.0. The van der Waals surface area contributed by atoms with Crippen molar-refractivity contribution in [1.29, 1.82) is 0 Å². The van der Waals surface area contributed by atoms with Crippen molar-refractivity contribution >= 4 is 0 Å². The SMILES string of the molecule is CCCCCCCCCCCCCCCCCCCn1cc[n+](CCCCCCCCCCCCCCC)c1CCCCCCCCCCCC. The van der Waals surface area contributed by atoms with Crippen molar-refractivity contribution in [2.75, 3.05) is 0 Å². The number of imidazole rings is 1. The maximum absolute atomic E-state index is 2.65. The van der Waals surface area contributed by atoms with Gasteiger partial charge in [0.25, 0.3) is 5.82 Å². The van der Waals surface area contributed by atoms with Gasteiger partial charge in [0.15, 0.2) is 0 Å². The summed E-state index contributed by atoms with van der Waals surface area (Å²) in [4.78, 5) is 0. The first-order chi connectivity index (χ1) is 25.3. The summed E-state index contributed by atoms with van der Waals surface area (Å²) in [6.45, 7) is 9.42. The smallest absolute Gasteiger partial charge is 0.234 e. The molecule has 1 rings (SSSR count). The van der Waals surface area contributed by atoms with Gasteiger partial charge in [-0.3, -0.25) is 0 Å². The minimum absolute atomic E-state index is 1.23. The predicted octanol–water partition coefficient (Wildman–Crippen LogP) is 17.0. The van der Waals surface area contributed by atoms with Crippen molar-refractivity contribution in [1.82, 2.24) is 4.57 Å². The molecule has 1 aromatic heterocycles. The second kappa shape index (κ2) is 40.4. The molecule has 0 fully saturated rings. The first kappa shape index (κ1) is 48.2. The molecule has 302 valence electrons. The molecule has 1 aromatic rings. The molecular formula is C49H97N2+. The third-order valence-electron chi connectivity index (χ3n) is 11.8. The monoisotopic (exact) mass is 714 g/mol. The average molecular weight is 714 g/mol. The first-order valence-electron chi connectivity index (χ1n) is 24.4. The summed E-state index contributed by atoms with van der Waals surface area (Å²) in [6.07, 6.45) is 63.8. The number of aryl methyl sites for hydroxylation is 2. The maximum Gasteiger partial charge on any atom is 0.256 e. The molecule has 2 heteroatoms. The fourth-order valence-corrected chi connectivity index (χ4v) is 8.27. The second-order valence-electron chi connectivity index (χ2n) is 16.9. The van der Waals surface area contributed by atoms with E-state index in [4.69, 9.17) is 0 Å². The van der Waals surface area contributed by atoms with Crippen molar-refractivity contribution in [3.8, 4) is 0 Å². The molecule has 0 bridgehead atoms. The molecule has 1 heterocycles. The van der Waals surface area contributed by atoms with Gasteiger partial charge in [-0.05, 0) is 32.1 Å². The molecular weight excluding hydrogens is 617 g/mol. The number of hydrogen-bond donors (Lipinski definition) is 0. The summed E-state index contributed by atoms with van der Waals surface area (Å²) in [5.41, 5.74) is 0. The molecule has 0 aliphatic carbocycles. The van der Waals surface area contributed by atoms with Gasteiger partial charge in [-0.25, -0.2) is 9.13 Å². The van der Waals surface area contributed by atoms with E-state index in [1.165, 1.54) is 276 Å². The molecule has 0 saturated heterocycles. The lowest BCUT2D eigenvalue weighted by Crippen LogP contribution is -2.37. The molecule has 0 spiro atoms. The maximum atomic E-state index is 2.65. The number of aromatic nitrogens is 2. The highest BCUT2D eigenvalue weighted by atomic mass is 15.1. The molecule has 2 nitrogen and oxygen atoms in total. The van der Waals surface area contributed by atoms with E-state index in [0.29, 0.717) is 0 Å². The van der Waals surface area contributed by atoms with Gasteiger partial charge in [0, 0.05) is 6.42 Å². The molecule has 0 N–H and O–H groups in total. The van der Waals surface area contributed by atoms with Crippen LogP contribution in [0.3, 0.4) is 0 Å². The van der Waals surface area contributed by atoms with E-state index >= 15 is 0 Å². The molecule has 0 radical (unpaired) electrons. The lowest BCUT2D eigenvalue weighted by molar-refractivity contribution is -0.704. The zero-order chi connectivity index (χ0) is 36.6. The van der Waals surface area contributed by atoms with Crippen LogP contribution in [0.4, 0.5) is 0 Å². The van der Waals surface area contributed by atoms with Gasteiger partial charge in [-0.15, -0.1) is 0 Å². The Balaban J connectivity index is 2.23. The summed E-state index contributed by atoms with van der Waals surface area (Å²) < 4.78 is 5.31.